The normalized spacial score (nSPS) is 22.0. The smallest absolute Gasteiger partial charge is 0.254 e. The number of carbonyl (C=O) groups excluding carboxylic acids is 2. The van der Waals surface area contributed by atoms with Gasteiger partial charge in [0.2, 0.25) is 17.7 Å². The Morgan fingerprint density at radius 1 is 0.932 bits per heavy atom. The number of nitrogens with one attached hydrogen (secondary N) is 1. The number of anilines is 3. The molecular formula is C55H67N12O6S. The van der Waals surface area contributed by atoms with Crippen LogP contribution in [0.4, 0.5) is 17.2 Å². The minimum Gasteiger partial charge on any atom is -0.476 e. The van der Waals surface area contributed by atoms with E-state index in [1.54, 1.807) is 17.4 Å². The van der Waals surface area contributed by atoms with E-state index in [4.69, 9.17) is 19.7 Å². The topological polar surface area (TPSA) is 205 Å². The van der Waals surface area contributed by atoms with Gasteiger partial charge in [-0.25, -0.2) is 9.97 Å². The Morgan fingerprint density at radius 2 is 1.72 bits per heavy atom. The fraction of sp³-hybridized carbons (Fsp3) is 0.473. The number of aliphatic hydroxyl groups excluding tert-OH is 1. The van der Waals surface area contributed by atoms with Crippen molar-refractivity contribution in [3.05, 3.63) is 108 Å². The van der Waals surface area contributed by atoms with Crippen molar-refractivity contribution in [1.82, 2.24) is 45.3 Å². The lowest BCUT2D eigenvalue weighted by Crippen LogP contribution is -2.54. The third-order valence-electron chi connectivity index (χ3n) is 15.1. The van der Waals surface area contributed by atoms with Crippen LogP contribution in [-0.2, 0) is 9.59 Å². The van der Waals surface area contributed by atoms with E-state index >= 15 is 0 Å². The van der Waals surface area contributed by atoms with E-state index in [0.717, 1.165) is 96.4 Å². The molecular weight excluding hydrogens is 957 g/mol. The van der Waals surface area contributed by atoms with Crippen LogP contribution in [-0.4, -0.2) is 153 Å². The first-order chi connectivity index (χ1) is 35.9. The van der Waals surface area contributed by atoms with Crippen molar-refractivity contribution in [2.24, 2.45) is 5.92 Å². The van der Waals surface area contributed by atoms with E-state index in [1.807, 2.05) is 94.0 Å². The maximum atomic E-state index is 14.3. The number of ether oxygens (including phenoxy) is 2. The highest BCUT2D eigenvalue weighted by molar-refractivity contribution is 7.13. The predicted octanol–water partition coefficient (Wildman–Crippen LogP) is 6.24. The molecule has 2 amide bonds. The van der Waals surface area contributed by atoms with E-state index in [2.05, 4.69) is 75.4 Å². The molecule has 6 aromatic rings. The number of aliphatic hydroxyl groups is 1. The molecule has 19 heteroatoms. The summed E-state index contributed by atoms with van der Waals surface area (Å²) in [6.45, 7) is 16.8. The second kappa shape index (κ2) is 22.4. The Labute approximate surface area is 436 Å². The lowest BCUT2D eigenvalue weighted by molar-refractivity contribution is -0.141. The summed E-state index contributed by atoms with van der Waals surface area (Å²) >= 11 is 1.59. The average Bonchev–Trinajstić information content (AvgIpc) is 4.21. The van der Waals surface area contributed by atoms with E-state index in [1.165, 1.54) is 4.90 Å². The number of thiazole rings is 1. The second-order valence-corrected chi connectivity index (χ2v) is 21.4. The first-order valence-electron chi connectivity index (χ1n) is 25.9. The van der Waals surface area contributed by atoms with Crippen molar-refractivity contribution in [1.29, 1.82) is 0 Å². The Bertz CT molecular complexity index is 2850. The van der Waals surface area contributed by atoms with Gasteiger partial charge in [-0.2, -0.15) is 0 Å². The minimum absolute atomic E-state index is 0.0543. The number of nitrogen functional groups attached to an aromatic ring is 1. The third-order valence-corrected chi connectivity index (χ3v) is 16.1. The molecule has 2 aromatic carbocycles. The number of hydrogen-bond donors (Lipinski definition) is 3. The van der Waals surface area contributed by atoms with Gasteiger partial charge in [0.05, 0.1) is 39.6 Å². The summed E-state index contributed by atoms with van der Waals surface area (Å²) in [5.41, 5.74) is 14.9. The van der Waals surface area contributed by atoms with Crippen molar-refractivity contribution in [2.45, 2.75) is 96.1 Å². The molecule has 0 saturated carbocycles. The molecule has 4 aliphatic rings. The molecule has 18 nitrogen and oxygen atoms in total. The number of nitrogens with two attached hydrogens (primary N) is 1. The lowest BCUT2D eigenvalue weighted by Gasteiger charge is -2.43. The number of aryl methyl sites for hydroxylation is 1. The predicted molar refractivity (Wildman–Crippen MR) is 284 cm³/mol. The number of fused-ring (bicyclic) bond motifs is 2. The van der Waals surface area contributed by atoms with Crippen molar-refractivity contribution in [2.75, 3.05) is 81.1 Å². The largest absolute Gasteiger partial charge is 0.476 e. The molecule has 2 unspecified atom stereocenters. The maximum absolute atomic E-state index is 14.3. The van der Waals surface area contributed by atoms with Crippen molar-refractivity contribution < 1.29 is 28.7 Å². The lowest BCUT2D eigenvalue weighted by atomic mass is 9.91. The van der Waals surface area contributed by atoms with Gasteiger partial charge < -0.3 is 44.9 Å². The van der Waals surface area contributed by atoms with Gasteiger partial charge in [0.15, 0.2) is 11.6 Å². The highest BCUT2D eigenvalue weighted by atomic mass is 32.1. The number of nitrogens with zero attached hydrogens (tertiary/aromatic N) is 10. The van der Waals surface area contributed by atoms with Gasteiger partial charge >= 0.3 is 0 Å². The van der Waals surface area contributed by atoms with Gasteiger partial charge in [-0.05, 0) is 74.0 Å². The zero-order valence-electron chi connectivity index (χ0n) is 42.8. The summed E-state index contributed by atoms with van der Waals surface area (Å²) in [6, 6.07) is 26.8. The molecule has 74 heavy (non-hydrogen) atoms. The standard InChI is InChI=1S/C55H67N12O6S/c1-34(2)51(55(70)66-32-44(68)26-47(66)54(69)59-36(4)38-11-13-40(14-12-38)52-37(5)58-33-74-52)48-28-50(62-73-48)72-23-21-63-19-20-64(35(3)29-63)22-24-71-49-25-41(17-18-57-49)67-42-15-16-43(67)31-65(30-42)46-27-45(60-61-53(46)56)39-9-7-6-8-10-39/h6-9,11-14,17-18,25,27-28,33-36,42-44,47,51,68H,15-16,19-24,26,29-32H2,1-5H3,(H2,56,61)(H,59,69)/t35-,36+,42?,43?,44-,47+,51-/m1/s1. The number of pyridine rings is 1. The van der Waals surface area contributed by atoms with Crippen LogP contribution in [0.5, 0.6) is 11.8 Å². The van der Waals surface area contributed by atoms with Crippen LogP contribution >= 0.6 is 11.3 Å². The SMILES string of the molecule is Cc1ncsc1-c1ccc([C@H](C)NC(=O)[C@@H]2C[C@@H](O)CN2C(=O)[C@@H](c2cc(OCCN3CCN(CCOc4cc(N5C6CCC5CN(c5cc(-c7[c]cccc7)nnc5N)C6)ccn4)[C@H](C)C3)no2)C(C)C)cc1. The minimum atomic E-state index is -0.828. The van der Waals surface area contributed by atoms with Gasteiger partial charge in [0.25, 0.3) is 5.88 Å². The molecule has 8 heterocycles. The number of β-amino-alcohol motifs (C(OH)–C–C–N with tert-alkyl or cyclic N) is 1. The van der Waals surface area contributed by atoms with Crippen LogP contribution in [0.25, 0.3) is 21.7 Å². The van der Waals surface area contributed by atoms with E-state index in [-0.39, 0.29) is 36.7 Å². The zero-order valence-corrected chi connectivity index (χ0v) is 43.7. The van der Waals surface area contributed by atoms with Crippen LogP contribution < -0.4 is 30.3 Å². The fourth-order valence-corrected chi connectivity index (χ4v) is 12.1. The average molecular weight is 1020 g/mol. The molecule has 10 rings (SSSR count). The summed E-state index contributed by atoms with van der Waals surface area (Å²) in [5.74, 6) is 0.245. The van der Waals surface area contributed by atoms with Gasteiger partial charge in [-0.1, -0.05) is 62.4 Å². The zero-order chi connectivity index (χ0) is 51.5. The van der Waals surface area contributed by atoms with Crippen molar-refractivity contribution in [3.8, 4) is 33.5 Å². The Hall–Kier alpha value is -6.67. The van der Waals surface area contributed by atoms with Crippen molar-refractivity contribution in [3.63, 3.8) is 0 Å². The molecule has 0 aliphatic carbocycles. The summed E-state index contributed by atoms with van der Waals surface area (Å²) < 4.78 is 18.1. The van der Waals surface area contributed by atoms with Gasteiger partial charge in [-0.3, -0.25) is 19.4 Å². The summed E-state index contributed by atoms with van der Waals surface area (Å²) in [5, 5.41) is 26.7. The number of piperazine rings is 2. The summed E-state index contributed by atoms with van der Waals surface area (Å²) in [4.78, 5) is 49.3. The number of likely N-dealkylation sites (tertiary alicyclic amines) is 1. The van der Waals surface area contributed by atoms with Gasteiger partial charge in [-0.15, -0.1) is 21.5 Å². The number of aromatic nitrogens is 5. The molecule has 4 aliphatic heterocycles. The molecule has 4 N–H and O–H groups in total. The van der Waals surface area contributed by atoms with Crippen molar-refractivity contribution >= 4 is 40.3 Å². The summed E-state index contributed by atoms with van der Waals surface area (Å²) in [6.07, 6.45) is 3.37. The molecule has 0 spiro atoms. The van der Waals surface area contributed by atoms with Crippen LogP contribution in [0.3, 0.4) is 0 Å². The quantitative estimate of drug-likeness (QED) is 0.0872. The van der Waals surface area contributed by atoms with E-state index in [9.17, 15) is 14.7 Å². The monoisotopic (exact) mass is 1020 g/mol. The molecule has 4 saturated heterocycles. The van der Waals surface area contributed by atoms with Crippen LogP contribution in [0.2, 0.25) is 0 Å². The van der Waals surface area contributed by atoms with E-state index < -0.39 is 18.1 Å². The number of benzene rings is 2. The number of amides is 2. The molecule has 389 valence electrons. The maximum Gasteiger partial charge on any atom is 0.254 e. The second-order valence-electron chi connectivity index (χ2n) is 20.5. The van der Waals surface area contributed by atoms with Crippen LogP contribution in [0, 0.1) is 18.9 Å². The molecule has 1 radical (unpaired) electrons. The van der Waals surface area contributed by atoms with Crippen LogP contribution in [0.15, 0.2) is 89.0 Å². The molecule has 4 aromatic heterocycles. The highest BCUT2D eigenvalue weighted by Crippen LogP contribution is 2.39. The summed E-state index contributed by atoms with van der Waals surface area (Å²) in [7, 11) is 0. The number of rotatable bonds is 18. The Kier molecular flexibility index (Phi) is 15.4. The first-order valence-corrected chi connectivity index (χ1v) is 26.8. The van der Waals surface area contributed by atoms with E-state index in [0.29, 0.717) is 61.2 Å². The van der Waals surface area contributed by atoms with Gasteiger partial charge in [0, 0.05) is 106 Å². The number of hydrogen-bond acceptors (Lipinski definition) is 17. The molecule has 4 fully saturated rings. The Balaban J connectivity index is 0.665. The fourth-order valence-electron chi connectivity index (χ4n) is 11.2. The van der Waals surface area contributed by atoms with Gasteiger partial charge in [0.1, 0.15) is 25.2 Å². The first kappa shape index (κ1) is 50.8. The Morgan fingerprint density at radius 3 is 2.45 bits per heavy atom. The molecule has 2 bridgehead atoms. The highest BCUT2D eigenvalue weighted by Gasteiger charge is 2.44. The van der Waals surface area contributed by atoms with Crippen LogP contribution in [0.1, 0.15) is 75.9 Å². The third kappa shape index (κ3) is 11.2. The number of carbonyl (C=O) groups is 2. The molecule has 7 atom stereocenters.